The van der Waals surface area contributed by atoms with Gasteiger partial charge in [0.25, 0.3) is 0 Å². The molecule has 154 valence electrons. The van der Waals surface area contributed by atoms with Crippen molar-refractivity contribution in [2.24, 2.45) is 0 Å². The maximum absolute atomic E-state index is 12.3. The van der Waals surface area contributed by atoms with Crippen LogP contribution in [0.1, 0.15) is 18.5 Å². The van der Waals surface area contributed by atoms with Gasteiger partial charge in [0.15, 0.2) is 0 Å². The van der Waals surface area contributed by atoms with Gasteiger partial charge in [0, 0.05) is 36.5 Å². The van der Waals surface area contributed by atoms with Crippen LogP contribution in [-0.2, 0) is 11.3 Å². The van der Waals surface area contributed by atoms with Gasteiger partial charge in [-0.05, 0) is 12.5 Å². The minimum Gasteiger partial charge on any atom is -0.383 e. The number of hydrogen-bond donors (Lipinski definition) is 3. The predicted molar refractivity (Wildman–Crippen MR) is 114 cm³/mol. The molecule has 0 aliphatic carbocycles. The number of amides is 2. The van der Waals surface area contributed by atoms with Gasteiger partial charge < -0.3 is 10.1 Å². The lowest BCUT2D eigenvalue weighted by Crippen LogP contribution is -2.31. The van der Waals surface area contributed by atoms with Gasteiger partial charge in [0.1, 0.15) is 11.5 Å². The molecule has 0 bridgehead atoms. The number of benzene rings is 1. The smallest absolute Gasteiger partial charge is 0.320 e. The van der Waals surface area contributed by atoms with Crippen molar-refractivity contribution in [3.8, 4) is 11.3 Å². The predicted octanol–water partition coefficient (Wildman–Crippen LogP) is 3.35. The van der Waals surface area contributed by atoms with Crippen LogP contribution in [0.25, 0.3) is 22.2 Å². The van der Waals surface area contributed by atoms with Crippen molar-refractivity contribution in [3.63, 3.8) is 0 Å². The van der Waals surface area contributed by atoms with Gasteiger partial charge in [-0.3, -0.25) is 15.1 Å². The molecular formula is C21H23N7O2. The molecule has 0 aliphatic rings. The summed E-state index contributed by atoms with van der Waals surface area (Å²) in [5.41, 5.74) is 3.44. The third-order valence-corrected chi connectivity index (χ3v) is 4.77. The summed E-state index contributed by atoms with van der Waals surface area (Å²) < 4.78 is 6.88. The number of aromatic nitrogens is 5. The van der Waals surface area contributed by atoms with Crippen molar-refractivity contribution in [2.75, 3.05) is 19.0 Å². The van der Waals surface area contributed by atoms with Crippen molar-refractivity contribution in [1.29, 1.82) is 0 Å². The second-order valence-electron chi connectivity index (χ2n) is 6.90. The lowest BCUT2D eigenvalue weighted by Gasteiger charge is -2.14. The molecule has 9 heteroatoms. The zero-order valence-corrected chi connectivity index (χ0v) is 16.8. The standard InChI is InChI=1S/C21H23N7O2/c1-14(15-6-4-3-5-7-15)24-21(29)25-19-10-18-17(12-22-19)20(27-26-18)16-11-23-28(13-16)8-9-30-2/h3-7,10-14H,8-9H2,1-2H3,(H,26,27)(H2,22,24,25,29)/t14-/m1/s1. The zero-order valence-electron chi connectivity index (χ0n) is 16.8. The highest BCUT2D eigenvalue weighted by molar-refractivity contribution is 5.95. The van der Waals surface area contributed by atoms with Crippen LogP contribution in [0, 0.1) is 0 Å². The molecule has 3 heterocycles. The van der Waals surface area contributed by atoms with Gasteiger partial charge in [-0.25, -0.2) is 9.78 Å². The second kappa shape index (κ2) is 8.75. The Morgan fingerprint density at radius 3 is 2.90 bits per heavy atom. The minimum atomic E-state index is -0.322. The number of carbonyl (C=O) groups excluding carboxylic acids is 1. The fraction of sp³-hybridized carbons (Fsp3) is 0.238. The summed E-state index contributed by atoms with van der Waals surface area (Å²) in [5, 5.41) is 18.2. The molecule has 0 unspecified atom stereocenters. The van der Waals surface area contributed by atoms with E-state index in [1.807, 2.05) is 43.5 Å². The molecule has 4 aromatic rings. The van der Waals surface area contributed by atoms with E-state index >= 15 is 0 Å². The number of ether oxygens (including phenoxy) is 1. The van der Waals surface area contributed by atoms with Crippen molar-refractivity contribution in [1.82, 2.24) is 30.3 Å². The van der Waals surface area contributed by atoms with E-state index < -0.39 is 0 Å². The molecule has 0 fully saturated rings. The minimum absolute atomic E-state index is 0.122. The van der Waals surface area contributed by atoms with Crippen molar-refractivity contribution < 1.29 is 9.53 Å². The topological polar surface area (TPSA) is 110 Å². The average molecular weight is 405 g/mol. The Kier molecular flexibility index (Phi) is 5.71. The summed E-state index contributed by atoms with van der Waals surface area (Å²) in [6, 6.07) is 11.1. The first-order valence-corrected chi connectivity index (χ1v) is 9.62. The molecule has 0 spiro atoms. The van der Waals surface area contributed by atoms with Crippen LogP contribution in [0.2, 0.25) is 0 Å². The SMILES string of the molecule is COCCn1cc(-c2n[nH]c3cc(NC(=O)N[C@H](C)c4ccccc4)ncc23)cn1. The molecule has 0 aliphatic heterocycles. The lowest BCUT2D eigenvalue weighted by atomic mass is 10.1. The molecule has 0 saturated heterocycles. The van der Waals surface area contributed by atoms with E-state index in [9.17, 15) is 4.79 Å². The monoisotopic (exact) mass is 405 g/mol. The molecule has 0 saturated carbocycles. The molecule has 0 radical (unpaired) electrons. The van der Waals surface area contributed by atoms with Crippen LogP contribution in [0.3, 0.4) is 0 Å². The summed E-state index contributed by atoms with van der Waals surface area (Å²) >= 11 is 0. The number of nitrogens with one attached hydrogen (secondary N) is 3. The summed E-state index contributed by atoms with van der Waals surface area (Å²) in [5.74, 6) is 0.436. The van der Waals surface area contributed by atoms with E-state index in [-0.39, 0.29) is 12.1 Å². The number of rotatable bonds is 7. The van der Waals surface area contributed by atoms with Crippen LogP contribution >= 0.6 is 0 Å². The molecule has 4 rings (SSSR count). The first-order chi connectivity index (χ1) is 14.6. The normalized spacial score (nSPS) is 12.1. The van der Waals surface area contributed by atoms with Crippen LogP contribution < -0.4 is 10.6 Å². The van der Waals surface area contributed by atoms with Gasteiger partial charge in [-0.2, -0.15) is 10.2 Å². The van der Waals surface area contributed by atoms with E-state index in [2.05, 4.69) is 30.9 Å². The molecule has 9 nitrogen and oxygen atoms in total. The fourth-order valence-electron chi connectivity index (χ4n) is 3.17. The Balaban J connectivity index is 1.45. The van der Waals surface area contributed by atoms with Crippen LogP contribution in [0.15, 0.2) is 55.0 Å². The summed E-state index contributed by atoms with van der Waals surface area (Å²) in [6.45, 7) is 3.19. The number of urea groups is 1. The van der Waals surface area contributed by atoms with Crippen LogP contribution in [-0.4, -0.2) is 44.7 Å². The summed E-state index contributed by atoms with van der Waals surface area (Å²) in [6.07, 6.45) is 5.37. The number of anilines is 1. The van der Waals surface area contributed by atoms with Crippen LogP contribution in [0.4, 0.5) is 10.6 Å². The highest BCUT2D eigenvalue weighted by Crippen LogP contribution is 2.26. The lowest BCUT2D eigenvalue weighted by molar-refractivity contribution is 0.183. The Morgan fingerprint density at radius 1 is 1.27 bits per heavy atom. The van der Waals surface area contributed by atoms with Crippen molar-refractivity contribution in [3.05, 3.63) is 60.6 Å². The number of H-pyrrole nitrogens is 1. The van der Waals surface area contributed by atoms with Crippen molar-refractivity contribution in [2.45, 2.75) is 19.5 Å². The van der Waals surface area contributed by atoms with Gasteiger partial charge in [0.2, 0.25) is 0 Å². The fourth-order valence-corrected chi connectivity index (χ4v) is 3.17. The first kappa shape index (κ1) is 19.6. The van der Waals surface area contributed by atoms with Gasteiger partial charge in [0.05, 0.1) is 30.9 Å². The molecule has 3 aromatic heterocycles. The Labute approximate surface area is 173 Å². The molecule has 1 atom stereocenters. The molecule has 3 N–H and O–H groups in total. The number of hydrogen-bond acceptors (Lipinski definition) is 5. The highest BCUT2D eigenvalue weighted by Gasteiger charge is 2.14. The van der Waals surface area contributed by atoms with E-state index in [1.165, 1.54) is 0 Å². The Hall–Kier alpha value is -3.72. The zero-order chi connectivity index (χ0) is 20.9. The van der Waals surface area contributed by atoms with E-state index in [4.69, 9.17) is 4.74 Å². The Morgan fingerprint density at radius 2 is 2.10 bits per heavy atom. The van der Waals surface area contributed by atoms with Gasteiger partial charge >= 0.3 is 6.03 Å². The van der Waals surface area contributed by atoms with Crippen molar-refractivity contribution >= 4 is 22.8 Å². The quantitative estimate of drug-likeness (QED) is 0.437. The maximum atomic E-state index is 12.3. The molecular weight excluding hydrogens is 382 g/mol. The third kappa shape index (κ3) is 4.31. The number of methoxy groups -OCH3 is 1. The number of fused-ring (bicyclic) bond motifs is 1. The van der Waals surface area contributed by atoms with E-state index in [1.54, 1.807) is 30.3 Å². The van der Waals surface area contributed by atoms with Gasteiger partial charge in [-0.1, -0.05) is 30.3 Å². The number of aromatic amines is 1. The number of nitrogens with zero attached hydrogens (tertiary/aromatic N) is 4. The third-order valence-electron chi connectivity index (χ3n) is 4.77. The largest absolute Gasteiger partial charge is 0.383 e. The molecule has 1 aromatic carbocycles. The van der Waals surface area contributed by atoms with Gasteiger partial charge in [-0.15, -0.1) is 0 Å². The average Bonchev–Trinajstić information content (AvgIpc) is 3.39. The summed E-state index contributed by atoms with van der Waals surface area (Å²) in [7, 11) is 1.66. The first-order valence-electron chi connectivity index (χ1n) is 9.62. The molecule has 30 heavy (non-hydrogen) atoms. The summed E-state index contributed by atoms with van der Waals surface area (Å²) in [4.78, 5) is 16.7. The molecule has 2 amide bonds. The Bertz CT molecular complexity index is 1140. The second-order valence-corrected chi connectivity index (χ2v) is 6.90. The number of carbonyl (C=O) groups is 1. The highest BCUT2D eigenvalue weighted by atomic mass is 16.5. The van der Waals surface area contributed by atoms with E-state index in [0.29, 0.717) is 19.0 Å². The number of pyridine rings is 1. The maximum Gasteiger partial charge on any atom is 0.320 e. The van der Waals surface area contributed by atoms with E-state index in [0.717, 1.165) is 27.7 Å². The van der Waals surface area contributed by atoms with Crippen LogP contribution in [0.5, 0.6) is 0 Å².